The average Bonchev–Trinajstić information content (AvgIpc) is 3.06. The molecule has 0 fully saturated rings. The van der Waals surface area contributed by atoms with Crippen LogP contribution >= 0.6 is 11.6 Å². The Morgan fingerprint density at radius 3 is 2.54 bits per heavy atom. The fourth-order valence-corrected chi connectivity index (χ4v) is 2.81. The lowest BCUT2D eigenvalue weighted by Gasteiger charge is -2.08. The molecule has 0 aliphatic carbocycles. The number of hydrogen-bond donors (Lipinski definition) is 1. The van der Waals surface area contributed by atoms with Crippen LogP contribution < -0.4 is 16.6 Å². The molecular weight excluding hydrogens is 358 g/mol. The molecule has 3 aromatic rings. The molecular formula is C17H18ClN5O3. The van der Waals surface area contributed by atoms with Gasteiger partial charge < -0.3 is 9.88 Å². The highest BCUT2D eigenvalue weighted by molar-refractivity contribution is 6.30. The van der Waals surface area contributed by atoms with Gasteiger partial charge in [-0.2, -0.15) is 0 Å². The van der Waals surface area contributed by atoms with Crippen LogP contribution in [0.2, 0.25) is 5.02 Å². The smallest absolute Gasteiger partial charge is 0.332 e. The van der Waals surface area contributed by atoms with Crippen LogP contribution in [0.1, 0.15) is 12.0 Å². The normalized spacial score (nSPS) is 11.0. The highest BCUT2D eigenvalue weighted by atomic mass is 35.5. The molecule has 0 bridgehead atoms. The second-order valence-corrected chi connectivity index (χ2v) is 6.41. The van der Waals surface area contributed by atoms with Crippen molar-refractivity contribution in [2.75, 3.05) is 0 Å². The molecule has 0 atom stereocenters. The summed E-state index contributed by atoms with van der Waals surface area (Å²) in [6.07, 6.45) is 1.66. The van der Waals surface area contributed by atoms with E-state index >= 15 is 0 Å². The van der Waals surface area contributed by atoms with Gasteiger partial charge in [0.25, 0.3) is 5.56 Å². The molecule has 0 aliphatic heterocycles. The summed E-state index contributed by atoms with van der Waals surface area (Å²) in [6, 6.07) is 7.22. The molecule has 9 heteroatoms. The predicted octanol–water partition coefficient (Wildman–Crippen LogP) is 0.794. The first kappa shape index (κ1) is 17.9. The minimum atomic E-state index is -0.437. The van der Waals surface area contributed by atoms with Crippen molar-refractivity contribution in [1.29, 1.82) is 0 Å². The molecule has 0 saturated heterocycles. The number of nitrogens with zero attached hydrogens (tertiary/aromatic N) is 4. The van der Waals surface area contributed by atoms with Gasteiger partial charge in [0.1, 0.15) is 0 Å². The number of benzene rings is 1. The van der Waals surface area contributed by atoms with Crippen molar-refractivity contribution in [3.8, 4) is 0 Å². The molecule has 2 heterocycles. The van der Waals surface area contributed by atoms with E-state index in [0.717, 1.165) is 10.1 Å². The third-order valence-corrected chi connectivity index (χ3v) is 4.45. The molecule has 1 N–H and O–H groups in total. The van der Waals surface area contributed by atoms with E-state index in [1.165, 1.54) is 17.9 Å². The Morgan fingerprint density at radius 1 is 1.15 bits per heavy atom. The van der Waals surface area contributed by atoms with Gasteiger partial charge >= 0.3 is 5.69 Å². The summed E-state index contributed by atoms with van der Waals surface area (Å²) in [7, 11) is 2.97. The maximum atomic E-state index is 12.3. The average molecular weight is 376 g/mol. The standard InChI is InChI=1S/C17H18ClN5O3/c1-21-15-14(16(25)22(2)17(21)26)23(10-20-15)8-7-13(24)19-9-11-3-5-12(18)6-4-11/h3-6,10H,7-9H2,1-2H3,(H,19,24). The van der Waals surface area contributed by atoms with E-state index in [1.807, 2.05) is 12.1 Å². The highest BCUT2D eigenvalue weighted by Gasteiger charge is 2.14. The number of rotatable bonds is 5. The van der Waals surface area contributed by atoms with Crippen LogP contribution in [-0.2, 0) is 32.0 Å². The Hall–Kier alpha value is -2.87. The topological polar surface area (TPSA) is 90.9 Å². The maximum absolute atomic E-state index is 12.3. The van der Waals surface area contributed by atoms with Gasteiger partial charge in [-0.25, -0.2) is 9.78 Å². The summed E-state index contributed by atoms with van der Waals surface area (Å²) in [4.78, 5) is 40.5. The van der Waals surface area contributed by atoms with Gasteiger partial charge in [-0.3, -0.25) is 18.7 Å². The van der Waals surface area contributed by atoms with E-state index in [0.29, 0.717) is 22.7 Å². The number of halogens is 1. The number of carbonyl (C=O) groups is 1. The van der Waals surface area contributed by atoms with Crippen molar-refractivity contribution in [2.45, 2.75) is 19.5 Å². The molecule has 1 aromatic carbocycles. The minimum absolute atomic E-state index is 0.150. The zero-order valence-electron chi connectivity index (χ0n) is 14.4. The molecule has 8 nitrogen and oxygen atoms in total. The number of imidazole rings is 1. The van der Waals surface area contributed by atoms with E-state index < -0.39 is 11.2 Å². The van der Waals surface area contributed by atoms with Gasteiger partial charge in [-0.15, -0.1) is 0 Å². The molecule has 26 heavy (non-hydrogen) atoms. The van der Waals surface area contributed by atoms with Crippen LogP contribution in [0.5, 0.6) is 0 Å². The van der Waals surface area contributed by atoms with Gasteiger partial charge in [0.05, 0.1) is 6.33 Å². The van der Waals surface area contributed by atoms with Crippen molar-refractivity contribution in [1.82, 2.24) is 24.0 Å². The number of aryl methyl sites for hydroxylation is 2. The van der Waals surface area contributed by atoms with E-state index in [9.17, 15) is 14.4 Å². The fraction of sp³-hybridized carbons (Fsp3) is 0.294. The molecule has 0 radical (unpaired) electrons. The molecule has 0 unspecified atom stereocenters. The van der Waals surface area contributed by atoms with Crippen LogP contribution in [0, 0.1) is 0 Å². The Bertz CT molecular complexity index is 1080. The first-order valence-corrected chi connectivity index (χ1v) is 8.38. The molecule has 0 spiro atoms. The fourth-order valence-electron chi connectivity index (χ4n) is 2.68. The number of nitrogens with one attached hydrogen (secondary N) is 1. The summed E-state index contributed by atoms with van der Waals surface area (Å²) in [5, 5.41) is 3.46. The molecule has 2 aromatic heterocycles. The van der Waals surface area contributed by atoms with Crippen LogP contribution in [-0.4, -0.2) is 24.6 Å². The van der Waals surface area contributed by atoms with Crippen molar-refractivity contribution < 1.29 is 4.79 Å². The SMILES string of the molecule is Cn1c(=O)c2c(ncn2CCC(=O)NCc2ccc(Cl)cc2)n(C)c1=O. The van der Waals surface area contributed by atoms with Crippen LogP contribution in [0.3, 0.4) is 0 Å². The molecule has 136 valence electrons. The molecule has 0 aliphatic rings. The van der Waals surface area contributed by atoms with Gasteiger partial charge in [0.2, 0.25) is 5.91 Å². The van der Waals surface area contributed by atoms with Crippen molar-refractivity contribution in [3.63, 3.8) is 0 Å². The number of carbonyl (C=O) groups excluding carboxylic acids is 1. The lowest BCUT2D eigenvalue weighted by Crippen LogP contribution is -2.37. The lowest BCUT2D eigenvalue weighted by atomic mass is 10.2. The number of aromatic nitrogens is 4. The predicted molar refractivity (Wildman–Crippen MR) is 98.1 cm³/mol. The zero-order valence-corrected chi connectivity index (χ0v) is 15.2. The maximum Gasteiger partial charge on any atom is 0.332 e. The Labute approximate surface area is 153 Å². The van der Waals surface area contributed by atoms with Gasteiger partial charge in [-0.05, 0) is 17.7 Å². The van der Waals surface area contributed by atoms with Crippen molar-refractivity contribution in [3.05, 3.63) is 62.0 Å². The largest absolute Gasteiger partial charge is 0.352 e. The third kappa shape index (κ3) is 3.41. The van der Waals surface area contributed by atoms with E-state index in [-0.39, 0.29) is 18.9 Å². The number of amides is 1. The summed E-state index contributed by atoms with van der Waals surface area (Å²) in [5.74, 6) is -0.150. The minimum Gasteiger partial charge on any atom is -0.352 e. The summed E-state index contributed by atoms with van der Waals surface area (Å²) >= 11 is 5.83. The van der Waals surface area contributed by atoms with Gasteiger partial charge in [-0.1, -0.05) is 23.7 Å². The van der Waals surface area contributed by atoms with E-state index in [2.05, 4.69) is 10.3 Å². The van der Waals surface area contributed by atoms with Crippen LogP contribution in [0.25, 0.3) is 11.2 Å². The summed E-state index contributed by atoms with van der Waals surface area (Å²) < 4.78 is 3.94. The van der Waals surface area contributed by atoms with Crippen LogP contribution in [0.15, 0.2) is 40.2 Å². The monoisotopic (exact) mass is 375 g/mol. The first-order chi connectivity index (χ1) is 12.4. The van der Waals surface area contributed by atoms with E-state index in [1.54, 1.807) is 23.7 Å². The second-order valence-electron chi connectivity index (χ2n) is 5.97. The Morgan fingerprint density at radius 2 is 1.85 bits per heavy atom. The van der Waals surface area contributed by atoms with E-state index in [4.69, 9.17) is 11.6 Å². The van der Waals surface area contributed by atoms with Gasteiger partial charge in [0, 0.05) is 38.6 Å². The quantitative estimate of drug-likeness (QED) is 0.714. The van der Waals surface area contributed by atoms with Crippen molar-refractivity contribution >= 4 is 28.7 Å². The highest BCUT2D eigenvalue weighted by Crippen LogP contribution is 2.09. The number of hydrogen-bond acceptors (Lipinski definition) is 4. The summed E-state index contributed by atoms with van der Waals surface area (Å²) in [5.41, 5.74) is 0.690. The second kappa shape index (κ2) is 7.17. The third-order valence-electron chi connectivity index (χ3n) is 4.20. The first-order valence-electron chi connectivity index (χ1n) is 8.00. The van der Waals surface area contributed by atoms with Crippen LogP contribution in [0.4, 0.5) is 0 Å². The molecule has 0 saturated carbocycles. The van der Waals surface area contributed by atoms with Gasteiger partial charge in [0.15, 0.2) is 11.2 Å². The Kier molecular flexibility index (Phi) is 4.94. The molecule has 1 amide bonds. The Balaban J connectivity index is 1.70. The van der Waals surface area contributed by atoms with Crippen molar-refractivity contribution in [2.24, 2.45) is 14.1 Å². The summed E-state index contributed by atoms with van der Waals surface area (Å²) in [6.45, 7) is 0.688. The molecule has 3 rings (SSSR count). The lowest BCUT2D eigenvalue weighted by molar-refractivity contribution is -0.121. The number of fused-ring (bicyclic) bond motifs is 1. The zero-order chi connectivity index (χ0) is 18.8.